The lowest BCUT2D eigenvalue weighted by atomic mass is 10.0. The van der Waals surface area contributed by atoms with Crippen LogP contribution in [0.1, 0.15) is 33.6 Å². The van der Waals surface area contributed by atoms with Crippen LogP contribution in [0.15, 0.2) is 0 Å². The van der Waals surface area contributed by atoms with Gasteiger partial charge in [-0.1, -0.05) is 0 Å². The fourth-order valence-electron chi connectivity index (χ4n) is 2.44. The summed E-state index contributed by atoms with van der Waals surface area (Å²) >= 11 is 0. The van der Waals surface area contributed by atoms with Gasteiger partial charge in [0.05, 0.1) is 0 Å². The second kappa shape index (κ2) is 3.58. The highest BCUT2D eigenvalue weighted by atomic mass is 15.2. The monoisotopic (exact) mass is 182 g/mol. The molecule has 2 rings (SSSR count). The predicted molar refractivity (Wildman–Crippen MR) is 55.8 cm³/mol. The van der Waals surface area contributed by atoms with Gasteiger partial charge >= 0.3 is 0 Å². The molecule has 0 spiro atoms. The van der Waals surface area contributed by atoms with Gasteiger partial charge in [0.15, 0.2) is 0 Å². The summed E-state index contributed by atoms with van der Waals surface area (Å²) in [5.41, 5.74) is 0. The summed E-state index contributed by atoms with van der Waals surface area (Å²) in [6, 6.07) is 2.21. The van der Waals surface area contributed by atoms with Gasteiger partial charge in [-0.2, -0.15) is 0 Å². The summed E-state index contributed by atoms with van der Waals surface area (Å²) in [7, 11) is 0. The first-order valence-corrected chi connectivity index (χ1v) is 5.67. The number of rotatable bonds is 2. The minimum Gasteiger partial charge on any atom is -0.311 e. The third-order valence-corrected chi connectivity index (χ3v) is 3.50. The zero-order chi connectivity index (χ0) is 9.42. The van der Waals surface area contributed by atoms with Crippen LogP contribution in [0.25, 0.3) is 0 Å². The van der Waals surface area contributed by atoms with Gasteiger partial charge in [0.25, 0.3) is 0 Å². The highest BCUT2D eigenvalue weighted by Gasteiger charge is 2.36. The number of piperazine rings is 1. The molecule has 2 aliphatic rings. The average molecular weight is 182 g/mol. The van der Waals surface area contributed by atoms with Crippen LogP contribution in [0.3, 0.4) is 0 Å². The molecule has 1 N–H and O–H groups in total. The van der Waals surface area contributed by atoms with E-state index in [1.165, 1.54) is 25.9 Å². The first-order valence-electron chi connectivity index (χ1n) is 5.67. The fraction of sp³-hybridized carbons (Fsp3) is 1.00. The van der Waals surface area contributed by atoms with Crippen molar-refractivity contribution in [2.45, 2.75) is 51.7 Å². The lowest BCUT2D eigenvalue weighted by Crippen LogP contribution is -2.58. The van der Waals surface area contributed by atoms with E-state index in [1.54, 1.807) is 0 Å². The van der Waals surface area contributed by atoms with E-state index in [-0.39, 0.29) is 0 Å². The van der Waals surface area contributed by atoms with Gasteiger partial charge in [0.2, 0.25) is 0 Å². The fourth-order valence-corrected chi connectivity index (χ4v) is 2.44. The van der Waals surface area contributed by atoms with Gasteiger partial charge in [0.1, 0.15) is 0 Å². The number of nitrogens with zero attached hydrogens (tertiary/aromatic N) is 1. The first-order chi connectivity index (χ1) is 6.18. The van der Waals surface area contributed by atoms with E-state index in [2.05, 4.69) is 31.0 Å². The Morgan fingerprint density at radius 2 is 2.00 bits per heavy atom. The summed E-state index contributed by atoms with van der Waals surface area (Å²) in [5, 5.41) is 3.67. The van der Waals surface area contributed by atoms with Crippen molar-refractivity contribution in [1.29, 1.82) is 0 Å². The standard InChI is InChI=1S/C11H22N2/c1-8(2)13-7-11(10-4-5-10)12-6-9(13)3/h8-12H,4-7H2,1-3H3. The lowest BCUT2D eigenvalue weighted by Gasteiger charge is -2.41. The van der Waals surface area contributed by atoms with E-state index in [0.29, 0.717) is 6.04 Å². The SMILES string of the molecule is CC(C)N1CC(C2CC2)NCC1C. The maximum absolute atomic E-state index is 3.67. The summed E-state index contributed by atoms with van der Waals surface area (Å²) in [6.07, 6.45) is 2.91. The van der Waals surface area contributed by atoms with Gasteiger partial charge < -0.3 is 5.32 Å². The molecule has 2 unspecified atom stereocenters. The second-order valence-corrected chi connectivity index (χ2v) is 4.99. The molecule has 1 saturated carbocycles. The van der Waals surface area contributed by atoms with Gasteiger partial charge in [-0.05, 0) is 39.5 Å². The Kier molecular flexibility index (Phi) is 2.61. The Hall–Kier alpha value is -0.0800. The molecule has 0 aromatic carbocycles. The smallest absolute Gasteiger partial charge is 0.0224 e. The summed E-state index contributed by atoms with van der Waals surface area (Å²) in [4.78, 5) is 2.64. The van der Waals surface area contributed by atoms with Crippen molar-refractivity contribution in [2.75, 3.05) is 13.1 Å². The third-order valence-electron chi connectivity index (χ3n) is 3.50. The first kappa shape index (κ1) is 9.47. The Bertz CT molecular complexity index is 175. The Labute approximate surface area is 81.7 Å². The van der Waals surface area contributed by atoms with Crippen LogP contribution in [-0.2, 0) is 0 Å². The topological polar surface area (TPSA) is 15.3 Å². The maximum atomic E-state index is 3.67. The minimum absolute atomic E-state index is 0.707. The normalized spacial score (nSPS) is 36.9. The molecule has 0 aromatic rings. The van der Waals surface area contributed by atoms with Gasteiger partial charge in [0, 0.05) is 31.2 Å². The molecular formula is C11H22N2. The molecule has 2 atom stereocenters. The number of hydrogen-bond acceptors (Lipinski definition) is 2. The molecule has 76 valence electrons. The van der Waals surface area contributed by atoms with Gasteiger partial charge in [-0.3, -0.25) is 4.90 Å². The lowest BCUT2D eigenvalue weighted by molar-refractivity contribution is 0.100. The molecule has 1 saturated heterocycles. The molecule has 0 aromatic heterocycles. The van der Waals surface area contributed by atoms with E-state index in [9.17, 15) is 0 Å². The van der Waals surface area contributed by atoms with Crippen LogP contribution in [0.5, 0.6) is 0 Å². The summed E-state index contributed by atoms with van der Waals surface area (Å²) in [6.45, 7) is 9.40. The van der Waals surface area contributed by atoms with Crippen molar-refractivity contribution in [2.24, 2.45) is 5.92 Å². The molecule has 0 radical (unpaired) electrons. The van der Waals surface area contributed by atoms with Crippen molar-refractivity contribution >= 4 is 0 Å². The highest BCUT2D eigenvalue weighted by molar-refractivity contribution is 4.94. The third kappa shape index (κ3) is 2.05. The van der Waals surface area contributed by atoms with E-state index in [4.69, 9.17) is 0 Å². The van der Waals surface area contributed by atoms with Crippen LogP contribution >= 0.6 is 0 Å². The van der Waals surface area contributed by atoms with Crippen molar-refractivity contribution in [3.8, 4) is 0 Å². The second-order valence-electron chi connectivity index (χ2n) is 4.99. The zero-order valence-electron chi connectivity index (χ0n) is 9.09. The molecule has 0 amide bonds. The highest BCUT2D eigenvalue weighted by Crippen LogP contribution is 2.34. The van der Waals surface area contributed by atoms with Crippen molar-refractivity contribution in [3.05, 3.63) is 0 Å². The van der Waals surface area contributed by atoms with Crippen LogP contribution in [0, 0.1) is 5.92 Å². The van der Waals surface area contributed by atoms with E-state index >= 15 is 0 Å². The van der Waals surface area contributed by atoms with E-state index < -0.39 is 0 Å². The number of hydrogen-bond donors (Lipinski definition) is 1. The van der Waals surface area contributed by atoms with Crippen molar-refractivity contribution in [1.82, 2.24) is 10.2 Å². The molecule has 13 heavy (non-hydrogen) atoms. The maximum Gasteiger partial charge on any atom is 0.0224 e. The Morgan fingerprint density at radius 1 is 1.31 bits per heavy atom. The molecule has 0 bridgehead atoms. The van der Waals surface area contributed by atoms with Crippen LogP contribution in [-0.4, -0.2) is 36.1 Å². The molecule has 1 aliphatic carbocycles. The van der Waals surface area contributed by atoms with Crippen LogP contribution < -0.4 is 5.32 Å². The zero-order valence-corrected chi connectivity index (χ0v) is 9.09. The molecule has 2 heteroatoms. The summed E-state index contributed by atoms with van der Waals surface area (Å²) < 4.78 is 0. The van der Waals surface area contributed by atoms with Gasteiger partial charge in [-0.15, -0.1) is 0 Å². The number of nitrogens with one attached hydrogen (secondary N) is 1. The van der Waals surface area contributed by atoms with Gasteiger partial charge in [-0.25, -0.2) is 0 Å². The molecule has 1 heterocycles. The molecular weight excluding hydrogens is 160 g/mol. The summed E-state index contributed by atoms with van der Waals surface area (Å²) in [5.74, 6) is 0.994. The van der Waals surface area contributed by atoms with E-state index in [0.717, 1.165) is 18.0 Å². The van der Waals surface area contributed by atoms with Crippen LogP contribution in [0.2, 0.25) is 0 Å². The Morgan fingerprint density at radius 3 is 2.54 bits per heavy atom. The Balaban J connectivity index is 1.92. The molecule has 2 fully saturated rings. The van der Waals surface area contributed by atoms with E-state index in [1.807, 2.05) is 0 Å². The van der Waals surface area contributed by atoms with Crippen LogP contribution in [0.4, 0.5) is 0 Å². The quantitative estimate of drug-likeness (QED) is 0.695. The molecule has 2 nitrogen and oxygen atoms in total. The van der Waals surface area contributed by atoms with Crippen molar-refractivity contribution < 1.29 is 0 Å². The molecule has 1 aliphatic heterocycles. The average Bonchev–Trinajstić information content (AvgIpc) is 2.87. The minimum atomic E-state index is 0.707. The largest absolute Gasteiger partial charge is 0.311 e. The predicted octanol–water partition coefficient (Wildman–Crippen LogP) is 1.47. The van der Waals surface area contributed by atoms with Crippen molar-refractivity contribution in [3.63, 3.8) is 0 Å².